The summed E-state index contributed by atoms with van der Waals surface area (Å²) in [6.45, 7) is 0. The molecular formula is C10H12N4O. The molecule has 5 heteroatoms. The molecule has 0 aliphatic heterocycles. The van der Waals surface area contributed by atoms with Crippen LogP contribution in [0.3, 0.4) is 0 Å². The van der Waals surface area contributed by atoms with E-state index in [1.54, 1.807) is 19.5 Å². The summed E-state index contributed by atoms with van der Waals surface area (Å²) >= 11 is 0. The van der Waals surface area contributed by atoms with Gasteiger partial charge in [0.2, 0.25) is 5.88 Å². The molecule has 1 aliphatic carbocycles. The van der Waals surface area contributed by atoms with Gasteiger partial charge in [0.1, 0.15) is 0 Å². The maximum absolute atomic E-state index is 6.07. The fraction of sp³-hybridized carbons (Fsp3) is 0.400. The van der Waals surface area contributed by atoms with Gasteiger partial charge in [0.15, 0.2) is 5.65 Å². The summed E-state index contributed by atoms with van der Waals surface area (Å²) in [5.74, 6) is 0.577. The van der Waals surface area contributed by atoms with Gasteiger partial charge in [-0.25, -0.2) is 9.97 Å². The molecular weight excluding hydrogens is 192 g/mol. The third-order valence-corrected chi connectivity index (χ3v) is 2.83. The highest BCUT2D eigenvalue weighted by atomic mass is 16.5. The second-order valence-corrected chi connectivity index (χ2v) is 3.98. The number of ether oxygens (including phenoxy) is 1. The van der Waals surface area contributed by atoms with Crippen LogP contribution in [-0.4, -0.2) is 21.5 Å². The number of hydrogen-bond acceptors (Lipinski definition) is 4. The van der Waals surface area contributed by atoms with E-state index in [1.807, 2.05) is 10.6 Å². The minimum absolute atomic E-state index is 0.195. The summed E-state index contributed by atoms with van der Waals surface area (Å²) in [7, 11) is 1.59. The first-order chi connectivity index (χ1) is 7.21. The standard InChI is InChI=1S/C10H12N4O/c1-15-9-6-14-5-7(10(11)2-3-10)13-8(14)4-12-9/h4-6H,2-3,11H2,1H3. The lowest BCUT2D eigenvalue weighted by Crippen LogP contribution is -2.18. The van der Waals surface area contributed by atoms with Gasteiger partial charge in [-0.2, -0.15) is 0 Å². The van der Waals surface area contributed by atoms with Crippen molar-refractivity contribution in [1.29, 1.82) is 0 Å². The first-order valence-corrected chi connectivity index (χ1v) is 4.89. The lowest BCUT2D eigenvalue weighted by molar-refractivity contribution is 0.395. The van der Waals surface area contributed by atoms with Crippen LogP contribution >= 0.6 is 0 Å². The van der Waals surface area contributed by atoms with Crippen LogP contribution in [-0.2, 0) is 5.54 Å². The van der Waals surface area contributed by atoms with Gasteiger partial charge >= 0.3 is 0 Å². The van der Waals surface area contributed by atoms with Crippen molar-refractivity contribution in [2.24, 2.45) is 5.73 Å². The summed E-state index contributed by atoms with van der Waals surface area (Å²) in [6.07, 6.45) is 7.47. The van der Waals surface area contributed by atoms with Crippen LogP contribution in [0.1, 0.15) is 18.5 Å². The number of imidazole rings is 1. The Morgan fingerprint density at radius 2 is 2.27 bits per heavy atom. The van der Waals surface area contributed by atoms with E-state index < -0.39 is 0 Å². The van der Waals surface area contributed by atoms with Crippen molar-refractivity contribution in [3.05, 3.63) is 24.3 Å². The quantitative estimate of drug-likeness (QED) is 0.781. The summed E-state index contributed by atoms with van der Waals surface area (Å²) in [6, 6.07) is 0. The molecule has 0 amide bonds. The van der Waals surface area contributed by atoms with E-state index in [2.05, 4.69) is 9.97 Å². The minimum atomic E-state index is -0.195. The Bertz CT molecular complexity index is 515. The van der Waals surface area contributed by atoms with Crippen LogP contribution in [0.4, 0.5) is 0 Å². The highest BCUT2D eigenvalue weighted by Gasteiger charge is 2.42. The zero-order chi connectivity index (χ0) is 10.5. The molecule has 0 saturated heterocycles. The molecule has 1 fully saturated rings. The monoisotopic (exact) mass is 204 g/mol. The van der Waals surface area contributed by atoms with Crippen LogP contribution in [0.15, 0.2) is 18.6 Å². The minimum Gasteiger partial charge on any atom is -0.480 e. The molecule has 1 saturated carbocycles. The number of rotatable bonds is 2. The summed E-state index contributed by atoms with van der Waals surface area (Å²) in [4.78, 5) is 8.54. The predicted molar refractivity (Wildman–Crippen MR) is 54.6 cm³/mol. The lowest BCUT2D eigenvalue weighted by atomic mass is 10.2. The normalized spacial score (nSPS) is 18.0. The molecule has 0 atom stereocenters. The van der Waals surface area contributed by atoms with Crippen molar-refractivity contribution in [3.8, 4) is 5.88 Å². The molecule has 2 aromatic heterocycles. The van der Waals surface area contributed by atoms with Gasteiger partial charge in [0.05, 0.1) is 30.7 Å². The van der Waals surface area contributed by atoms with Gasteiger partial charge in [0, 0.05) is 6.20 Å². The molecule has 3 rings (SSSR count). The smallest absolute Gasteiger partial charge is 0.230 e. The SMILES string of the molecule is COc1cn2cc(C3(N)CC3)nc2cn1. The first kappa shape index (κ1) is 8.67. The van der Waals surface area contributed by atoms with E-state index in [-0.39, 0.29) is 5.54 Å². The van der Waals surface area contributed by atoms with Gasteiger partial charge in [-0.1, -0.05) is 0 Å². The lowest BCUT2D eigenvalue weighted by Gasteiger charge is -2.00. The van der Waals surface area contributed by atoms with E-state index in [0.29, 0.717) is 5.88 Å². The van der Waals surface area contributed by atoms with Gasteiger partial charge < -0.3 is 14.9 Å². The third-order valence-electron chi connectivity index (χ3n) is 2.83. The zero-order valence-corrected chi connectivity index (χ0v) is 8.47. The Morgan fingerprint density at radius 1 is 1.47 bits per heavy atom. The number of methoxy groups -OCH3 is 1. The maximum Gasteiger partial charge on any atom is 0.230 e. The Labute approximate surface area is 86.9 Å². The van der Waals surface area contributed by atoms with Crippen molar-refractivity contribution in [2.75, 3.05) is 7.11 Å². The second kappa shape index (κ2) is 2.70. The Morgan fingerprint density at radius 3 is 2.93 bits per heavy atom. The van der Waals surface area contributed by atoms with E-state index >= 15 is 0 Å². The topological polar surface area (TPSA) is 65.4 Å². The van der Waals surface area contributed by atoms with Gasteiger partial charge in [-0.15, -0.1) is 0 Å². The molecule has 0 unspecified atom stereocenters. The molecule has 0 bridgehead atoms. The molecule has 2 N–H and O–H groups in total. The van der Waals surface area contributed by atoms with E-state index in [0.717, 1.165) is 24.2 Å². The molecule has 0 spiro atoms. The maximum atomic E-state index is 6.07. The van der Waals surface area contributed by atoms with Crippen LogP contribution in [0.2, 0.25) is 0 Å². The van der Waals surface area contributed by atoms with Crippen LogP contribution < -0.4 is 10.5 Å². The average Bonchev–Trinajstić information content (AvgIpc) is 2.85. The van der Waals surface area contributed by atoms with Crippen LogP contribution in [0, 0.1) is 0 Å². The summed E-state index contributed by atoms with van der Waals surface area (Å²) in [5, 5.41) is 0. The van der Waals surface area contributed by atoms with Crippen molar-refractivity contribution < 1.29 is 4.74 Å². The molecule has 2 heterocycles. The summed E-state index contributed by atoms with van der Waals surface area (Å²) in [5.41, 5.74) is 7.63. The number of nitrogens with two attached hydrogens (primary N) is 1. The fourth-order valence-corrected chi connectivity index (χ4v) is 1.62. The van der Waals surface area contributed by atoms with Gasteiger partial charge in [-0.05, 0) is 12.8 Å². The Balaban J connectivity index is 2.13. The van der Waals surface area contributed by atoms with Crippen molar-refractivity contribution >= 4 is 5.65 Å². The van der Waals surface area contributed by atoms with Crippen molar-refractivity contribution in [2.45, 2.75) is 18.4 Å². The van der Waals surface area contributed by atoms with Crippen molar-refractivity contribution in [1.82, 2.24) is 14.4 Å². The third kappa shape index (κ3) is 1.27. The van der Waals surface area contributed by atoms with Crippen molar-refractivity contribution in [3.63, 3.8) is 0 Å². The Hall–Kier alpha value is -1.62. The molecule has 5 nitrogen and oxygen atoms in total. The number of fused-ring (bicyclic) bond motifs is 1. The predicted octanol–water partition coefficient (Wildman–Crippen LogP) is 0.686. The van der Waals surface area contributed by atoms with E-state index in [4.69, 9.17) is 10.5 Å². The number of nitrogens with zero attached hydrogens (tertiary/aromatic N) is 3. The van der Waals surface area contributed by atoms with Gasteiger partial charge in [0.25, 0.3) is 0 Å². The fourth-order valence-electron chi connectivity index (χ4n) is 1.62. The highest BCUT2D eigenvalue weighted by molar-refractivity contribution is 5.41. The second-order valence-electron chi connectivity index (χ2n) is 3.98. The van der Waals surface area contributed by atoms with Crippen LogP contribution in [0.25, 0.3) is 5.65 Å². The molecule has 15 heavy (non-hydrogen) atoms. The van der Waals surface area contributed by atoms with Gasteiger partial charge in [-0.3, -0.25) is 0 Å². The van der Waals surface area contributed by atoms with Crippen LogP contribution in [0.5, 0.6) is 5.88 Å². The molecule has 1 aliphatic rings. The largest absolute Gasteiger partial charge is 0.480 e. The number of aromatic nitrogens is 3. The highest BCUT2D eigenvalue weighted by Crippen LogP contribution is 2.41. The molecule has 0 radical (unpaired) electrons. The molecule has 78 valence electrons. The zero-order valence-electron chi connectivity index (χ0n) is 8.47. The summed E-state index contributed by atoms with van der Waals surface area (Å²) < 4.78 is 6.94. The average molecular weight is 204 g/mol. The van der Waals surface area contributed by atoms with E-state index in [1.165, 1.54) is 0 Å². The first-order valence-electron chi connectivity index (χ1n) is 4.89. The Kier molecular flexibility index (Phi) is 1.56. The molecule has 2 aromatic rings. The molecule has 0 aromatic carbocycles. The van der Waals surface area contributed by atoms with E-state index in [9.17, 15) is 0 Å². The number of hydrogen-bond donors (Lipinski definition) is 1.